The Labute approximate surface area is 105 Å². The highest BCUT2D eigenvalue weighted by atomic mass is 16.2. The summed E-state index contributed by atoms with van der Waals surface area (Å²) >= 11 is 0. The van der Waals surface area contributed by atoms with E-state index in [0.29, 0.717) is 5.69 Å². The van der Waals surface area contributed by atoms with Crippen molar-refractivity contribution in [2.24, 2.45) is 0 Å². The van der Waals surface area contributed by atoms with Crippen molar-refractivity contribution in [1.29, 1.82) is 0 Å². The summed E-state index contributed by atoms with van der Waals surface area (Å²) in [5.41, 5.74) is 8.01. The molecule has 1 heterocycles. The van der Waals surface area contributed by atoms with Gasteiger partial charge in [0.2, 0.25) is 5.91 Å². The lowest BCUT2D eigenvalue weighted by molar-refractivity contribution is -0.119. The Morgan fingerprint density at radius 3 is 2.89 bits per heavy atom. The molecule has 1 amide bonds. The second-order valence-electron chi connectivity index (χ2n) is 4.12. The van der Waals surface area contributed by atoms with Gasteiger partial charge in [0.1, 0.15) is 18.7 Å². The molecular formula is C12H15N5O. The average Bonchev–Trinajstić information content (AvgIpc) is 2.85. The van der Waals surface area contributed by atoms with Crippen LogP contribution >= 0.6 is 0 Å². The molecule has 0 aliphatic rings. The Hall–Kier alpha value is -2.37. The van der Waals surface area contributed by atoms with Crippen LogP contribution in [0.1, 0.15) is 18.5 Å². The number of nitrogens with one attached hydrogen (secondary N) is 1. The quantitative estimate of drug-likeness (QED) is 0.800. The minimum absolute atomic E-state index is 0.145. The number of benzene rings is 1. The van der Waals surface area contributed by atoms with Crippen molar-refractivity contribution < 1.29 is 4.79 Å². The van der Waals surface area contributed by atoms with Crippen molar-refractivity contribution in [3.63, 3.8) is 0 Å². The van der Waals surface area contributed by atoms with Gasteiger partial charge in [-0.1, -0.05) is 0 Å². The smallest absolute Gasteiger partial charge is 0.249 e. The zero-order valence-corrected chi connectivity index (χ0v) is 10.3. The van der Waals surface area contributed by atoms with E-state index in [2.05, 4.69) is 15.4 Å². The SMILES string of the molecule is Cc1cc(N)ccc1NC(=O)C(C)n1cncn1. The summed E-state index contributed by atoms with van der Waals surface area (Å²) in [6, 6.07) is 4.94. The van der Waals surface area contributed by atoms with Gasteiger partial charge in [-0.3, -0.25) is 4.79 Å². The number of rotatable bonds is 3. The van der Waals surface area contributed by atoms with Crippen LogP contribution in [0, 0.1) is 6.92 Å². The Bertz CT molecular complexity index is 550. The molecule has 18 heavy (non-hydrogen) atoms. The van der Waals surface area contributed by atoms with Crippen molar-refractivity contribution in [2.45, 2.75) is 19.9 Å². The van der Waals surface area contributed by atoms with Crippen LogP contribution in [0.3, 0.4) is 0 Å². The number of carbonyl (C=O) groups excluding carboxylic acids is 1. The molecule has 2 rings (SSSR count). The van der Waals surface area contributed by atoms with Crippen LogP contribution in [0.15, 0.2) is 30.9 Å². The summed E-state index contributed by atoms with van der Waals surface area (Å²) in [6.45, 7) is 3.66. The molecule has 1 atom stereocenters. The predicted molar refractivity (Wildman–Crippen MR) is 69.0 cm³/mol. The highest BCUT2D eigenvalue weighted by molar-refractivity contribution is 5.94. The number of amides is 1. The van der Waals surface area contributed by atoms with Crippen molar-refractivity contribution in [2.75, 3.05) is 11.1 Å². The number of carbonyl (C=O) groups is 1. The first kappa shape index (κ1) is 12.1. The summed E-state index contributed by atoms with van der Waals surface area (Å²) in [5.74, 6) is -0.145. The molecule has 6 heteroatoms. The van der Waals surface area contributed by atoms with Gasteiger partial charge in [-0.25, -0.2) is 9.67 Å². The molecule has 6 nitrogen and oxygen atoms in total. The first-order valence-corrected chi connectivity index (χ1v) is 5.59. The minimum atomic E-state index is -0.413. The average molecular weight is 245 g/mol. The molecule has 0 aliphatic heterocycles. The van der Waals surface area contributed by atoms with Crippen LogP contribution in [-0.2, 0) is 4.79 Å². The lowest BCUT2D eigenvalue weighted by Gasteiger charge is -2.13. The van der Waals surface area contributed by atoms with Gasteiger partial charge in [0.25, 0.3) is 0 Å². The predicted octanol–water partition coefficient (Wildman–Crippen LogP) is 1.37. The van der Waals surface area contributed by atoms with Gasteiger partial charge in [-0.2, -0.15) is 5.10 Å². The third-order valence-electron chi connectivity index (χ3n) is 2.72. The lowest BCUT2D eigenvalue weighted by Crippen LogP contribution is -2.24. The van der Waals surface area contributed by atoms with Gasteiger partial charge in [-0.05, 0) is 37.6 Å². The summed E-state index contributed by atoms with van der Waals surface area (Å²) in [4.78, 5) is 15.8. The third kappa shape index (κ3) is 2.48. The summed E-state index contributed by atoms with van der Waals surface area (Å²) in [6.07, 6.45) is 2.92. The van der Waals surface area contributed by atoms with E-state index in [9.17, 15) is 4.79 Å². The van der Waals surface area contributed by atoms with E-state index in [1.54, 1.807) is 19.1 Å². The van der Waals surface area contributed by atoms with E-state index in [-0.39, 0.29) is 5.91 Å². The molecule has 0 radical (unpaired) electrons. The first-order chi connectivity index (χ1) is 8.58. The Balaban J connectivity index is 2.12. The number of anilines is 2. The molecule has 0 bridgehead atoms. The van der Waals surface area contributed by atoms with E-state index in [4.69, 9.17) is 5.73 Å². The minimum Gasteiger partial charge on any atom is -0.399 e. The second-order valence-corrected chi connectivity index (χ2v) is 4.12. The molecule has 0 aliphatic carbocycles. The molecule has 3 N–H and O–H groups in total. The van der Waals surface area contributed by atoms with Crippen molar-refractivity contribution in [3.8, 4) is 0 Å². The fraction of sp³-hybridized carbons (Fsp3) is 0.250. The van der Waals surface area contributed by atoms with Gasteiger partial charge in [0, 0.05) is 11.4 Å². The van der Waals surface area contributed by atoms with E-state index >= 15 is 0 Å². The van der Waals surface area contributed by atoms with Crippen LogP contribution in [0.5, 0.6) is 0 Å². The summed E-state index contributed by atoms with van der Waals surface area (Å²) in [7, 11) is 0. The second kappa shape index (κ2) is 4.87. The molecule has 1 aromatic carbocycles. The molecule has 1 aromatic heterocycles. The van der Waals surface area contributed by atoms with Crippen LogP contribution in [0.25, 0.3) is 0 Å². The van der Waals surface area contributed by atoms with E-state index in [1.807, 2.05) is 13.0 Å². The molecule has 0 saturated carbocycles. The lowest BCUT2D eigenvalue weighted by atomic mass is 10.1. The Kier molecular flexibility index (Phi) is 3.27. The molecule has 1 unspecified atom stereocenters. The normalized spacial score (nSPS) is 12.1. The number of nitrogen functional groups attached to an aromatic ring is 1. The highest BCUT2D eigenvalue weighted by Gasteiger charge is 2.16. The van der Waals surface area contributed by atoms with E-state index in [1.165, 1.54) is 17.3 Å². The maximum atomic E-state index is 12.0. The number of aromatic nitrogens is 3. The van der Waals surface area contributed by atoms with Crippen molar-refractivity contribution >= 4 is 17.3 Å². The number of aryl methyl sites for hydroxylation is 1. The number of nitrogens with two attached hydrogens (primary N) is 1. The van der Waals surface area contributed by atoms with Gasteiger partial charge >= 0.3 is 0 Å². The standard InChI is InChI=1S/C12H15N5O/c1-8-5-10(13)3-4-11(8)16-12(18)9(2)17-7-14-6-15-17/h3-7,9H,13H2,1-2H3,(H,16,18). The van der Waals surface area contributed by atoms with Crippen LogP contribution in [-0.4, -0.2) is 20.7 Å². The fourth-order valence-corrected chi connectivity index (χ4v) is 1.60. The fourth-order valence-electron chi connectivity index (χ4n) is 1.60. The number of hydrogen-bond acceptors (Lipinski definition) is 4. The van der Waals surface area contributed by atoms with Crippen LogP contribution in [0.2, 0.25) is 0 Å². The number of hydrogen-bond donors (Lipinski definition) is 2. The van der Waals surface area contributed by atoms with Gasteiger partial charge in [0.15, 0.2) is 0 Å². The topological polar surface area (TPSA) is 85.8 Å². The monoisotopic (exact) mass is 245 g/mol. The molecule has 0 fully saturated rings. The Morgan fingerprint density at radius 1 is 1.50 bits per heavy atom. The van der Waals surface area contributed by atoms with Gasteiger partial charge in [-0.15, -0.1) is 0 Å². The molecule has 2 aromatic rings. The number of nitrogens with zero attached hydrogens (tertiary/aromatic N) is 3. The Morgan fingerprint density at radius 2 is 2.28 bits per heavy atom. The highest BCUT2D eigenvalue weighted by Crippen LogP contribution is 2.18. The van der Waals surface area contributed by atoms with Crippen LogP contribution < -0.4 is 11.1 Å². The van der Waals surface area contributed by atoms with E-state index in [0.717, 1.165) is 11.3 Å². The van der Waals surface area contributed by atoms with Gasteiger partial charge in [0.05, 0.1) is 0 Å². The van der Waals surface area contributed by atoms with Crippen molar-refractivity contribution in [1.82, 2.24) is 14.8 Å². The summed E-state index contributed by atoms with van der Waals surface area (Å²) in [5, 5.41) is 6.78. The maximum absolute atomic E-state index is 12.0. The first-order valence-electron chi connectivity index (χ1n) is 5.59. The summed E-state index contributed by atoms with van der Waals surface area (Å²) < 4.78 is 1.50. The molecule has 0 spiro atoms. The molecule has 0 saturated heterocycles. The maximum Gasteiger partial charge on any atom is 0.249 e. The molecular weight excluding hydrogens is 230 g/mol. The van der Waals surface area contributed by atoms with E-state index < -0.39 is 6.04 Å². The third-order valence-corrected chi connectivity index (χ3v) is 2.72. The van der Waals surface area contributed by atoms with Gasteiger partial charge < -0.3 is 11.1 Å². The van der Waals surface area contributed by atoms with Crippen molar-refractivity contribution in [3.05, 3.63) is 36.4 Å². The zero-order chi connectivity index (χ0) is 13.1. The van der Waals surface area contributed by atoms with Crippen LogP contribution in [0.4, 0.5) is 11.4 Å². The largest absolute Gasteiger partial charge is 0.399 e. The molecule has 94 valence electrons. The zero-order valence-electron chi connectivity index (χ0n) is 10.3.